The van der Waals surface area contributed by atoms with Gasteiger partial charge in [-0.3, -0.25) is 4.79 Å². The van der Waals surface area contributed by atoms with Crippen LogP contribution in [-0.2, 0) is 11.2 Å². The third-order valence-corrected chi connectivity index (χ3v) is 3.40. The van der Waals surface area contributed by atoms with Crippen molar-refractivity contribution in [3.05, 3.63) is 29.8 Å². The molecule has 0 atom stereocenters. The van der Waals surface area contributed by atoms with Gasteiger partial charge in [0.05, 0.1) is 12.5 Å². The Hall–Kier alpha value is -1.00. The Labute approximate surface area is 107 Å². The van der Waals surface area contributed by atoms with E-state index in [4.69, 9.17) is 5.11 Å². The lowest BCUT2D eigenvalue weighted by Crippen LogP contribution is -2.38. The van der Waals surface area contributed by atoms with Crippen molar-refractivity contribution < 1.29 is 9.90 Å². The Morgan fingerprint density at radius 3 is 2.59 bits per heavy atom. The van der Waals surface area contributed by atoms with E-state index >= 15 is 0 Å². The quantitative estimate of drug-likeness (QED) is 0.709. The van der Waals surface area contributed by atoms with Gasteiger partial charge in [-0.1, -0.05) is 12.1 Å². The maximum Gasteiger partial charge on any atom is 0.224 e. The van der Waals surface area contributed by atoms with Gasteiger partial charge in [0.15, 0.2) is 0 Å². The first-order chi connectivity index (χ1) is 8.13. The van der Waals surface area contributed by atoms with Crippen LogP contribution in [0.2, 0.25) is 0 Å². The molecule has 0 heterocycles. The Kier molecular flexibility index (Phi) is 4.07. The van der Waals surface area contributed by atoms with Crippen LogP contribution >= 0.6 is 12.6 Å². The molecule has 1 aromatic rings. The predicted molar refractivity (Wildman–Crippen MR) is 69.1 cm³/mol. The van der Waals surface area contributed by atoms with Crippen molar-refractivity contribution in [2.75, 3.05) is 6.54 Å². The molecule has 1 saturated carbocycles. The normalized spacial score (nSPS) is 22.9. The summed E-state index contributed by atoms with van der Waals surface area (Å²) in [6.07, 6.45) is 1.88. The molecule has 3 nitrogen and oxygen atoms in total. The van der Waals surface area contributed by atoms with Crippen LogP contribution in [0.15, 0.2) is 29.2 Å². The van der Waals surface area contributed by atoms with Gasteiger partial charge < -0.3 is 10.4 Å². The number of aliphatic hydroxyl groups is 1. The zero-order chi connectivity index (χ0) is 12.3. The summed E-state index contributed by atoms with van der Waals surface area (Å²) in [5, 5.41) is 12.0. The highest BCUT2D eigenvalue weighted by molar-refractivity contribution is 7.80. The summed E-state index contributed by atoms with van der Waals surface area (Å²) in [6.45, 7) is 0.681. The van der Waals surface area contributed by atoms with E-state index in [9.17, 15) is 4.79 Å². The maximum absolute atomic E-state index is 11.6. The third-order valence-electron chi connectivity index (χ3n) is 3.10. The van der Waals surface area contributed by atoms with Crippen LogP contribution in [-0.4, -0.2) is 23.7 Å². The molecule has 0 aromatic heterocycles. The van der Waals surface area contributed by atoms with Gasteiger partial charge in [0, 0.05) is 11.4 Å². The van der Waals surface area contributed by atoms with Gasteiger partial charge in [-0.15, -0.1) is 12.6 Å². The van der Waals surface area contributed by atoms with Crippen LogP contribution < -0.4 is 5.32 Å². The van der Waals surface area contributed by atoms with E-state index in [1.807, 2.05) is 24.3 Å². The lowest BCUT2D eigenvalue weighted by molar-refractivity contribution is -0.121. The zero-order valence-electron chi connectivity index (χ0n) is 9.60. The third kappa shape index (κ3) is 3.75. The minimum Gasteiger partial charge on any atom is -0.393 e. The molecule has 4 heteroatoms. The van der Waals surface area contributed by atoms with E-state index in [-0.39, 0.29) is 12.0 Å². The first-order valence-corrected chi connectivity index (χ1v) is 6.31. The molecule has 92 valence electrons. The van der Waals surface area contributed by atoms with Crippen LogP contribution in [0.25, 0.3) is 0 Å². The number of hydrogen-bond donors (Lipinski definition) is 3. The fourth-order valence-electron chi connectivity index (χ4n) is 1.99. The number of aliphatic hydroxyl groups excluding tert-OH is 1. The Morgan fingerprint density at radius 1 is 1.35 bits per heavy atom. The topological polar surface area (TPSA) is 49.3 Å². The summed E-state index contributed by atoms with van der Waals surface area (Å²) >= 11 is 4.19. The molecule has 2 rings (SSSR count). The van der Waals surface area contributed by atoms with Crippen LogP contribution in [0.5, 0.6) is 0 Å². The summed E-state index contributed by atoms with van der Waals surface area (Å²) in [5.41, 5.74) is 0.994. The predicted octanol–water partition coefficient (Wildman–Crippen LogP) is 1.40. The molecule has 0 bridgehead atoms. The molecule has 0 saturated heterocycles. The molecule has 0 aliphatic heterocycles. The molecular formula is C13H17NO2S. The van der Waals surface area contributed by atoms with E-state index in [1.165, 1.54) is 0 Å². The van der Waals surface area contributed by atoms with Crippen molar-refractivity contribution in [3.8, 4) is 0 Å². The van der Waals surface area contributed by atoms with E-state index in [0.29, 0.717) is 18.9 Å². The monoisotopic (exact) mass is 251 g/mol. The van der Waals surface area contributed by atoms with Gasteiger partial charge in [-0.05, 0) is 36.5 Å². The number of carbonyl (C=O) groups is 1. The number of hydrogen-bond acceptors (Lipinski definition) is 3. The number of carbonyl (C=O) groups excluding carboxylic acids is 1. The summed E-state index contributed by atoms with van der Waals surface area (Å²) in [7, 11) is 0. The van der Waals surface area contributed by atoms with Gasteiger partial charge >= 0.3 is 0 Å². The molecule has 17 heavy (non-hydrogen) atoms. The first-order valence-electron chi connectivity index (χ1n) is 5.86. The fraction of sp³-hybridized carbons (Fsp3) is 0.462. The van der Waals surface area contributed by atoms with Gasteiger partial charge in [-0.25, -0.2) is 0 Å². The Bertz CT molecular complexity index is 385. The minimum atomic E-state index is -0.153. The zero-order valence-corrected chi connectivity index (χ0v) is 10.5. The van der Waals surface area contributed by atoms with Crippen molar-refractivity contribution in [3.63, 3.8) is 0 Å². The van der Waals surface area contributed by atoms with Gasteiger partial charge in [0.2, 0.25) is 5.91 Å². The van der Waals surface area contributed by atoms with Crippen LogP contribution in [0.1, 0.15) is 18.4 Å². The van der Waals surface area contributed by atoms with Crippen molar-refractivity contribution in [1.29, 1.82) is 0 Å². The number of thiol groups is 1. The molecule has 0 radical (unpaired) electrons. The minimum absolute atomic E-state index is 0.0401. The summed E-state index contributed by atoms with van der Waals surface area (Å²) in [5.74, 6) is 0.493. The van der Waals surface area contributed by atoms with Crippen LogP contribution in [0.3, 0.4) is 0 Å². The average molecular weight is 251 g/mol. The second-order valence-corrected chi connectivity index (χ2v) is 5.15. The lowest BCUT2D eigenvalue weighted by Gasteiger charge is -2.31. The van der Waals surface area contributed by atoms with Crippen molar-refractivity contribution >= 4 is 18.5 Å². The second kappa shape index (κ2) is 5.56. The number of nitrogens with one attached hydrogen (secondary N) is 1. The second-order valence-electron chi connectivity index (χ2n) is 4.64. The largest absolute Gasteiger partial charge is 0.393 e. The van der Waals surface area contributed by atoms with E-state index in [1.54, 1.807) is 0 Å². The summed E-state index contributed by atoms with van der Waals surface area (Å²) in [6, 6.07) is 7.59. The standard InChI is InChI=1S/C13H17NO2S/c15-11-5-10(6-11)8-14-13(16)7-9-1-3-12(17)4-2-9/h1-4,10-11,15,17H,5-8H2,(H,14,16). The number of amides is 1. The van der Waals surface area contributed by atoms with Crippen molar-refractivity contribution in [1.82, 2.24) is 5.32 Å². The maximum atomic E-state index is 11.6. The highest BCUT2D eigenvalue weighted by Crippen LogP contribution is 2.26. The lowest BCUT2D eigenvalue weighted by atomic mass is 9.82. The summed E-state index contributed by atoms with van der Waals surface area (Å²) < 4.78 is 0. The van der Waals surface area contributed by atoms with E-state index in [2.05, 4.69) is 17.9 Å². The van der Waals surface area contributed by atoms with Gasteiger partial charge in [-0.2, -0.15) is 0 Å². The average Bonchev–Trinajstić information content (AvgIpc) is 2.26. The Morgan fingerprint density at radius 2 is 2.00 bits per heavy atom. The van der Waals surface area contributed by atoms with Crippen LogP contribution in [0, 0.1) is 5.92 Å². The van der Waals surface area contributed by atoms with Crippen LogP contribution in [0.4, 0.5) is 0 Å². The fourth-order valence-corrected chi connectivity index (χ4v) is 2.14. The molecule has 1 amide bonds. The number of benzene rings is 1. The SMILES string of the molecule is O=C(Cc1ccc(S)cc1)NCC1CC(O)C1. The molecule has 1 aliphatic carbocycles. The highest BCUT2D eigenvalue weighted by Gasteiger charge is 2.26. The van der Waals surface area contributed by atoms with Gasteiger partial charge in [0.25, 0.3) is 0 Å². The molecule has 0 unspecified atom stereocenters. The van der Waals surface area contributed by atoms with E-state index < -0.39 is 0 Å². The number of rotatable bonds is 4. The molecule has 1 aromatic carbocycles. The smallest absolute Gasteiger partial charge is 0.224 e. The van der Waals surface area contributed by atoms with E-state index in [0.717, 1.165) is 23.3 Å². The molecule has 2 N–H and O–H groups in total. The molecule has 0 spiro atoms. The first kappa shape index (κ1) is 12.5. The van der Waals surface area contributed by atoms with Crippen molar-refractivity contribution in [2.45, 2.75) is 30.3 Å². The molecule has 1 aliphatic rings. The summed E-state index contributed by atoms with van der Waals surface area (Å²) in [4.78, 5) is 12.5. The van der Waals surface area contributed by atoms with Crippen molar-refractivity contribution in [2.24, 2.45) is 5.92 Å². The molecule has 1 fully saturated rings. The molecular weight excluding hydrogens is 234 g/mol. The van der Waals surface area contributed by atoms with Gasteiger partial charge in [0.1, 0.15) is 0 Å². The Balaban J connectivity index is 1.71. The highest BCUT2D eigenvalue weighted by atomic mass is 32.1.